The summed E-state index contributed by atoms with van der Waals surface area (Å²) >= 11 is 0. The molecule has 3 rings (SSSR count). The average Bonchev–Trinajstić information content (AvgIpc) is 2.87. The maximum atomic E-state index is 6.20. The first-order chi connectivity index (χ1) is 11.9. The summed E-state index contributed by atoms with van der Waals surface area (Å²) in [6.07, 6.45) is 0. The predicted octanol–water partition coefficient (Wildman–Crippen LogP) is 2.45. The quantitative estimate of drug-likeness (QED) is 0.734. The van der Waals surface area contributed by atoms with Crippen molar-refractivity contribution in [2.45, 2.75) is 19.9 Å². The summed E-state index contributed by atoms with van der Waals surface area (Å²) in [4.78, 5) is 9.13. The van der Waals surface area contributed by atoms with Crippen LogP contribution in [0.3, 0.4) is 0 Å². The Morgan fingerprint density at radius 2 is 1.84 bits per heavy atom. The number of fused-ring (bicyclic) bond motifs is 1. The maximum Gasteiger partial charge on any atom is 0.225 e. The lowest BCUT2D eigenvalue weighted by Gasteiger charge is -2.12. The average molecular weight is 342 g/mol. The summed E-state index contributed by atoms with van der Waals surface area (Å²) in [5.74, 6) is 2.28. The Morgan fingerprint density at radius 1 is 1.12 bits per heavy atom. The summed E-state index contributed by atoms with van der Waals surface area (Å²) in [7, 11) is 4.98. The van der Waals surface area contributed by atoms with Crippen LogP contribution in [-0.4, -0.2) is 40.0 Å². The highest BCUT2D eigenvalue weighted by Crippen LogP contribution is 2.36. The van der Waals surface area contributed by atoms with Crippen molar-refractivity contribution in [3.8, 4) is 22.8 Å². The first-order valence-electron chi connectivity index (χ1n) is 7.93. The minimum Gasteiger partial charge on any atom is -0.493 e. The molecule has 0 atom stereocenters. The third kappa shape index (κ3) is 3.02. The molecule has 132 valence electrons. The Hall–Kier alpha value is -3.03. The zero-order valence-electron chi connectivity index (χ0n) is 15.0. The molecule has 8 heteroatoms. The summed E-state index contributed by atoms with van der Waals surface area (Å²) in [5, 5.41) is 8.32. The van der Waals surface area contributed by atoms with Crippen LogP contribution in [0.15, 0.2) is 18.2 Å². The molecular weight excluding hydrogens is 320 g/mol. The molecule has 1 aromatic carbocycles. The SMILES string of the molecule is COc1ccc(-c2nc(NC(C)C)nc3nn(C)c(N)c23)cc1OC. The molecule has 8 nitrogen and oxygen atoms in total. The molecule has 0 aliphatic heterocycles. The van der Waals surface area contributed by atoms with Crippen LogP contribution in [-0.2, 0) is 7.05 Å². The van der Waals surface area contributed by atoms with Crippen LogP contribution in [0.2, 0.25) is 0 Å². The second kappa shape index (κ2) is 6.46. The molecule has 0 saturated heterocycles. The topological polar surface area (TPSA) is 100 Å². The van der Waals surface area contributed by atoms with E-state index in [1.165, 1.54) is 0 Å². The summed E-state index contributed by atoms with van der Waals surface area (Å²) in [6, 6.07) is 5.81. The maximum absolute atomic E-state index is 6.20. The number of nitrogens with zero attached hydrogens (tertiary/aromatic N) is 4. The smallest absolute Gasteiger partial charge is 0.225 e. The van der Waals surface area contributed by atoms with Crippen molar-refractivity contribution >= 4 is 22.8 Å². The zero-order chi connectivity index (χ0) is 18.1. The van der Waals surface area contributed by atoms with Crippen LogP contribution >= 0.6 is 0 Å². The van der Waals surface area contributed by atoms with Gasteiger partial charge in [0.2, 0.25) is 5.95 Å². The van der Waals surface area contributed by atoms with E-state index in [4.69, 9.17) is 15.2 Å². The molecular formula is C17H22N6O2. The van der Waals surface area contributed by atoms with Crippen LogP contribution in [0.4, 0.5) is 11.8 Å². The van der Waals surface area contributed by atoms with Crippen LogP contribution in [0.25, 0.3) is 22.3 Å². The van der Waals surface area contributed by atoms with Crippen molar-refractivity contribution in [3.05, 3.63) is 18.2 Å². The molecule has 2 heterocycles. The number of hydrogen-bond donors (Lipinski definition) is 2. The van der Waals surface area contributed by atoms with Gasteiger partial charge in [0.05, 0.1) is 25.3 Å². The van der Waals surface area contributed by atoms with Gasteiger partial charge in [0.15, 0.2) is 17.1 Å². The van der Waals surface area contributed by atoms with E-state index >= 15 is 0 Å². The second-order valence-corrected chi connectivity index (χ2v) is 5.97. The van der Waals surface area contributed by atoms with Gasteiger partial charge in [0.1, 0.15) is 5.82 Å². The third-order valence-corrected chi connectivity index (χ3v) is 3.81. The van der Waals surface area contributed by atoms with E-state index in [1.807, 2.05) is 32.0 Å². The fraction of sp³-hybridized carbons (Fsp3) is 0.353. The van der Waals surface area contributed by atoms with Gasteiger partial charge in [0, 0.05) is 18.7 Å². The molecule has 0 saturated carbocycles. The van der Waals surface area contributed by atoms with Crippen molar-refractivity contribution in [1.29, 1.82) is 0 Å². The molecule has 2 aromatic heterocycles. The number of aromatic nitrogens is 4. The molecule has 0 aliphatic rings. The normalized spacial score (nSPS) is 11.1. The molecule has 0 aliphatic carbocycles. The van der Waals surface area contributed by atoms with E-state index in [2.05, 4.69) is 20.4 Å². The lowest BCUT2D eigenvalue weighted by Crippen LogP contribution is -2.13. The number of benzene rings is 1. The van der Waals surface area contributed by atoms with E-state index in [9.17, 15) is 0 Å². The standard InChI is InChI=1S/C17H22N6O2/c1-9(2)19-17-20-14(13-15(18)23(3)22-16(13)21-17)10-6-7-11(24-4)12(8-10)25-5/h6-9H,18H2,1-5H3,(H,19,21,22). The Bertz CT molecular complexity index is 919. The minimum absolute atomic E-state index is 0.191. The van der Waals surface area contributed by atoms with Gasteiger partial charge in [-0.1, -0.05) is 0 Å². The fourth-order valence-corrected chi connectivity index (χ4v) is 2.63. The Labute approximate surface area is 146 Å². The number of nitrogen functional groups attached to an aromatic ring is 1. The van der Waals surface area contributed by atoms with Crippen LogP contribution in [0, 0.1) is 0 Å². The van der Waals surface area contributed by atoms with Crippen molar-refractivity contribution in [2.75, 3.05) is 25.3 Å². The van der Waals surface area contributed by atoms with Crippen molar-refractivity contribution < 1.29 is 9.47 Å². The van der Waals surface area contributed by atoms with Gasteiger partial charge in [-0.3, -0.25) is 4.68 Å². The first kappa shape index (κ1) is 16.8. The monoisotopic (exact) mass is 342 g/mol. The van der Waals surface area contributed by atoms with Gasteiger partial charge >= 0.3 is 0 Å². The highest BCUT2D eigenvalue weighted by Gasteiger charge is 2.18. The van der Waals surface area contributed by atoms with Gasteiger partial charge in [0.25, 0.3) is 0 Å². The largest absolute Gasteiger partial charge is 0.493 e. The van der Waals surface area contributed by atoms with Crippen molar-refractivity contribution in [1.82, 2.24) is 19.7 Å². The third-order valence-electron chi connectivity index (χ3n) is 3.81. The molecule has 25 heavy (non-hydrogen) atoms. The van der Waals surface area contributed by atoms with E-state index in [-0.39, 0.29) is 6.04 Å². The molecule has 0 bridgehead atoms. The van der Waals surface area contributed by atoms with Gasteiger partial charge in [-0.15, -0.1) is 0 Å². The molecule has 0 unspecified atom stereocenters. The highest BCUT2D eigenvalue weighted by molar-refractivity contribution is 5.99. The number of aryl methyl sites for hydroxylation is 1. The van der Waals surface area contributed by atoms with Crippen molar-refractivity contribution in [2.24, 2.45) is 7.05 Å². The van der Waals surface area contributed by atoms with Gasteiger partial charge < -0.3 is 20.5 Å². The first-order valence-corrected chi connectivity index (χ1v) is 7.93. The van der Waals surface area contributed by atoms with Crippen LogP contribution in [0.5, 0.6) is 11.5 Å². The number of methoxy groups -OCH3 is 2. The Balaban J connectivity index is 2.26. The number of rotatable bonds is 5. The van der Waals surface area contributed by atoms with Crippen molar-refractivity contribution in [3.63, 3.8) is 0 Å². The summed E-state index contributed by atoms with van der Waals surface area (Å²) < 4.78 is 12.3. The van der Waals surface area contributed by atoms with Gasteiger partial charge in [-0.25, -0.2) is 4.98 Å². The van der Waals surface area contributed by atoms with E-state index in [0.29, 0.717) is 40.0 Å². The van der Waals surface area contributed by atoms with E-state index < -0.39 is 0 Å². The van der Waals surface area contributed by atoms with Gasteiger partial charge in [-0.05, 0) is 32.0 Å². The number of hydrogen-bond acceptors (Lipinski definition) is 7. The van der Waals surface area contributed by atoms with Crippen LogP contribution < -0.4 is 20.5 Å². The molecule has 0 fully saturated rings. The number of ether oxygens (including phenoxy) is 2. The second-order valence-electron chi connectivity index (χ2n) is 5.97. The summed E-state index contributed by atoms with van der Waals surface area (Å²) in [5.41, 5.74) is 8.28. The lowest BCUT2D eigenvalue weighted by atomic mass is 10.1. The number of nitrogens with two attached hydrogens (primary N) is 1. The summed E-state index contributed by atoms with van der Waals surface area (Å²) in [6.45, 7) is 4.05. The van der Waals surface area contributed by atoms with Gasteiger partial charge in [-0.2, -0.15) is 10.1 Å². The predicted molar refractivity (Wildman–Crippen MR) is 98.0 cm³/mol. The molecule has 0 amide bonds. The molecule has 3 N–H and O–H groups in total. The number of nitrogens with one attached hydrogen (secondary N) is 1. The molecule has 0 spiro atoms. The lowest BCUT2D eigenvalue weighted by molar-refractivity contribution is 0.355. The van der Waals surface area contributed by atoms with E-state index in [0.717, 1.165) is 5.56 Å². The molecule has 3 aromatic rings. The highest BCUT2D eigenvalue weighted by atomic mass is 16.5. The zero-order valence-corrected chi connectivity index (χ0v) is 15.0. The Kier molecular flexibility index (Phi) is 4.35. The number of anilines is 2. The molecule has 0 radical (unpaired) electrons. The van der Waals surface area contributed by atoms with Crippen LogP contribution in [0.1, 0.15) is 13.8 Å². The Morgan fingerprint density at radius 3 is 2.48 bits per heavy atom. The minimum atomic E-state index is 0.191. The fourth-order valence-electron chi connectivity index (χ4n) is 2.63. The van der Waals surface area contributed by atoms with E-state index in [1.54, 1.807) is 25.9 Å².